The van der Waals surface area contributed by atoms with Gasteiger partial charge in [-0.05, 0) is 87.6 Å². The van der Waals surface area contributed by atoms with Crippen molar-refractivity contribution in [3.8, 4) is 28.1 Å². The third-order valence-electron chi connectivity index (χ3n) is 9.74. The highest BCUT2D eigenvalue weighted by Gasteiger charge is 2.21. The molecule has 0 amide bonds. The molecule has 0 saturated heterocycles. The second-order valence-corrected chi connectivity index (χ2v) is 13.0. The fourth-order valence-electron chi connectivity index (χ4n) is 7.29. The van der Waals surface area contributed by atoms with Crippen molar-refractivity contribution in [1.82, 2.24) is 4.57 Å². The zero-order chi connectivity index (χ0) is 34.7. The Morgan fingerprint density at radius 1 is 0.385 bits per heavy atom. The average Bonchev–Trinajstić information content (AvgIpc) is 3.56. The number of aromatic nitrogens is 1. The number of fused-ring (bicyclic) bond motifs is 2. The lowest BCUT2D eigenvalue weighted by atomic mass is 9.98. The average molecular weight is 665 g/mol. The Bertz CT molecular complexity index is 2640. The van der Waals surface area contributed by atoms with Crippen LogP contribution in [0.2, 0.25) is 0 Å². The molecular formula is C50H36N2. The number of para-hydroxylation sites is 2. The van der Waals surface area contributed by atoms with E-state index in [1.807, 2.05) is 0 Å². The van der Waals surface area contributed by atoms with Gasteiger partial charge in [-0.1, -0.05) is 164 Å². The van der Waals surface area contributed by atoms with Crippen LogP contribution < -0.4 is 4.90 Å². The molecule has 0 spiro atoms. The van der Waals surface area contributed by atoms with Crippen molar-refractivity contribution in [3.63, 3.8) is 0 Å². The van der Waals surface area contributed by atoms with Crippen LogP contribution in [0, 0.1) is 0 Å². The molecule has 1 aromatic heterocycles. The van der Waals surface area contributed by atoms with Gasteiger partial charge in [-0.15, -0.1) is 0 Å². The maximum absolute atomic E-state index is 2.42. The van der Waals surface area contributed by atoms with Crippen LogP contribution in [-0.2, 0) is 0 Å². The summed E-state index contributed by atoms with van der Waals surface area (Å²) in [4.78, 5) is 2.32. The topological polar surface area (TPSA) is 8.17 Å². The highest BCUT2D eigenvalue weighted by atomic mass is 15.1. The van der Waals surface area contributed by atoms with Crippen molar-refractivity contribution in [2.24, 2.45) is 0 Å². The largest absolute Gasteiger partial charge is 0.310 e. The van der Waals surface area contributed by atoms with E-state index in [4.69, 9.17) is 0 Å². The summed E-state index contributed by atoms with van der Waals surface area (Å²) in [5.74, 6) is 0. The Morgan fingerprint density at radius 2 is 0.923 bits per heavy atom. The molecular weight excluding hydrogens is 629 g/mol. The smallest absolute Gasteiger partial charge is 0.0619 e. The fraction of sp³-hybridized carbons (Fsp3) is 0. The van der Waals surface area contributed by atoms with Crippen LogP contribution in [0.5, 0.6) is 0 Å². The number of benzene rings is 8. The Hall–Kier alpha value is -6.90. The Labute approximate surface area is 304 Å². The summed E-state index contributed by atoms with van der Waals surface area (Å²) in [6.45, 7) is 0. The molecule has 0 bridgehead atoms. The normalized spacial score (nSPS) is 11.4. The van der Waals surface area contributed by atoms with Crippen LogP contribution in [0.3, 0.4) is 0 Å². The highest BCUT2D eigenvalue weighted by molar-refractivity contribution is 6.06. The van der Waals surface area contributed by atoms with Crippen LogP contribution in [0.15, 0.2) is 206 Å². The Balaban J connectivity index is 1.11. The van der Waals surface area contributed by atoms with E-state index in [1.54, 1.807) is 0 Å². The summed E-state index contributed by atoms with van der Waals surface area (Å²) in [5.41, 5.74) is 12.8. The van der Waals surface area contributed by atoms with Gasteiger partial charge in [-0.3, -0.25) is 0 Å². The summed E-state index contributed by atoms with van der Waals surface area (Å²) < 4.78 is 2.42. The molecule has 2 heteroatoms. The van der Waals surface area contributed by atoms with Crippen LogP contribution in [0.25, 0.3) is 61.9 Å². The number of hydrogen-bond donors (Lipinski definition) is 0. The summed E-state index contributed by atoms with van der Waals surface area (Å²) in [6.07, 6.45) is 4.43. The standard InChI is InChI=1S/C50H36N2/c1-5-16-40(17-6-1)49-47-34-29-38(35-48(47)52(44-23-11-4-12-24-44)50(49)41-18-7-2-8-19-41)26-25-37-27-31-45(32-28-37)51(43-21-9-3-10-22-43)46-33-30-39-15-13-14-20-42(39)36-46/h1-36H/b26-25+. The molecule has 0 fully saturated rings. The van der Waals surface area contributed by atoms with Gasteiger partial charge in [0.15, 0.2) is 0 Å². The van der Waals surface area contributed by atoms with Gasteiger partial charge in [0, 0.05) is 33.7 Å². The molecule has 2 nitrogen and oxygen atoms in total. The van der Waals surface area contributed by atoms with Gasteiger partial charge in [0.25, 0.3) is 0 Å². The molecule has 52 heavy (non-hydrogen) atoms. The van der Waals surface area contributed by atoms with E-state index in [1.165, 1.54) is 44.1 Å². The van der Waals surface area contributed by atoms with Gasteiger partial charge in [0.1, 0.15) is 0 Å². The number of rotatable bonds is 8. The zero-order valence-electron chi connectivity index (χ0n) is 28.7. The van der Waals surface area contributed by atoms with Crippen molar-refractivity contribution in [3.05, 3.63) is 217 Å². The van der Waals surface area contributed by atoms with Gasteiger partial charge in [-0.2, -0.15) is 0 Å². The third-order valence-corrected chi connectivity index (χ3v) is 9.74. The fourth-order valence-corrected chi connectivity index (χ4v) is 7.29. The monoisotopic (exact) mass is 664 g/mol. The van der Waals surface area contributed by atoms with E-state index < -0.39 is 0 Å². The molecule has 0 aliphatic rings. The van der Waals surface area contributed by atoms with Crippen molar-refractivity contribution in [2.75, 3.05) is 4.90 Å². The van der Waals surface area contributed by atoms with Gasteiger partial charge in [-0.25, -0.2) is 0 Å². The van der Waals surface area contributed by atoms with Crippen LogP contribution in [0.1, 0.15) is 11.1 Å². The molecule has 0 aliphatic carbocycles. The molecule has 9 aromatic rings. The van der Waals surface area contributed by atoms with Crippen LogP contribution in [-0.4, -0.2) is 4.57 Å². The molecule has 8 aromatic carbocycles. The first-order valence-corrected chi connectivity index (χ1v) is 17.8. The van der Waals surface area contributed by atoms with Crippen LogP contribution >= 0.6 is 0 Å². The predicted octanol–water partition coefficient (Wildman–Crippen LogP) is 13.8. The second kappa shape index (κ2) is 13.8. The summed E-state index contributed by atoms with van der Waals surface area (Å²) >= 11 is 0. The van der Waals surface area contributed by atoms with Gasteiger partial charge in [0.2, 0.25) is 0 Å². The third kappa shape index (κ3) is 5.97. The highest BCUT2D eigenvalue weighted by Crippen LogP contribution is 2.43. The first-order chi connectivity index (χ1) is 25.8. The van der Waals surface area contributed by atoms with Gasteiger partial charge < -0.3 is 9.47 Å². The predicted molar refractivity (Wildman–Crippen MR) is 222 cm³/mol. The summed E-state index contributed by atoms with van der Waals surface area (Å²) in [6, 6.07) is 73.7. The zero-order valence-corrected chi connectivity index (χ0v) is 28.7. The second-order valence-electron chi connectivity index (χ2n) is 13.0. The summed E-state index contributed by atoms with van der Waals surface area (Å²) in [5, 5.41) is 3.69. The lowest BCUT2D eigenvalue weighted by molar-refractivity contribution is 1.13. The molecule has 9 rings (SSSR count). The van der Waals surface area contributed by atoms with E-state index in [2.05, 4.69) is 228 Å². The van der Waals surface area contributed by atoms with E-state index in [9.17, 15) is 0 Å². The van der Waals surface area contributed by atoms with Crippen molar-refractivity contribution in [1.29, 1.82) is 0 Å². The van der Waals surface area contributed by atoms with Gasteiger partial charge >= 0.3 is 0 Å². The minimum atomic E-state index is 1.11. The molecule has 0 aliphatic heterocycles. The SMILES string of the molecule is C(=C\c1ccc2c(-c3ccccc3)c(-c3ccccc3)n(-c3ccccc3)c2c1)/c1ccc(N(c2ccccc2)c2ccc3ccccc3c2)cc1. The summed E-state index contributed by atoms with van der Waals surface area (Å²) in [7, 11) is 0. The van der Waals surface area contributed by atoms with Gasteiger partial charge in [0.05, 0.1) is 11.2 Å². The van der Waals surface area contributed by atoms with E-state index in [0.717, 1.165) is 33.9 Å². The maximum atomic E-state index is 2.42. The van der Waals surface area contributed by atoms with Crippen molar-refractivity contribution in [2.45, 2.75) is 0 Å². The molecule has 0 saturated carbocycles. The molecule has 0 radical (unpaired) electrons. The lowest BCUT2D eigenvalue weighted by Gasteiger charge is -2.26. The minimum absolute atomic E-state index is 1.11. The van der Waals surface area contributed by atoms with E-state index >= 15 is 0 Å². The van der Waals surface area contributed by atoms with Crippen molar-refractivity contribution < 1.29 is 0 Å². The van der Waals surface area contributed by atoms with Crippen LogP contribution in [0.4, 0.5) is 17.1 Å². The van der Waals surface area contributed by atoms with Crippen molar-refractivity contribution >= 4 is 50.9 Å². The van der Waals surface area contributed by atoms with E-state index in [0.29, 0.717) is 0 Å². The number of anilines is 3. The maximum Gasteiger partial charge on any atom is 0.0619 e. The number of nitrogens with zero attached hydrogens (tertiary/aromatic N) is 2. The minimum Gasteiger partial charge on any atom is -0.310 e. The number of hydrogen-bond acceptors (Lipinski definition) is 1. The van der Waals surface area contributed by atoms with E-state index in [-0.39, 0.29) is 0 Å². The Morgan fingerprint density at radius 3 is 1.63 bits per heavy atom. The first kappa shape index (κ1) is 31.1. The lowest BCUT2D eigenvalue weighted by Crippen LogP contribution is -2.09. The molecule has 0 atom stereocenters. The first-order valence-electron chi connectivity index (χ1n) is 17.8. The quantitative estimate of drug-likeness (QED) is 0.147. The molecule has 1 heterocycles. The molecule has 0 unspecified atom stereocenters. The Kier molecular flexibility index (Phi) is 8.24. The molecule has 246 valence electrons. The molecule has 0 N–H and O–H groups in total.